The maximum Gasteiger partial charge on any atom is 0.288 e. The Kier molecular flexibility index (Phi) is 5.16. The zero-order chi connectivity index (χ0) is 15.2. The molecule has 2 rings (SSSR count). The Labute approximate surface area is 128 Å². The number of rotatable bonds is 5. The van der Waals surface area contributed by atoms with Crippen molar-refractivity contribution in [2.75, 3.05) is 12.3 Å². The number of carbonyl (C=O) groups is 1. The SMILES string of the molecule is NNC(=O)C[NH2+][C@H](c1ccccc1)c1cc(Cl)ccc1N. The van der Waals surface area contributed by atoms with Gasteiger partial charge in [0.2, 0.25) is 0 Å². The second-order valence-electron chi connectivity index (χ2n) is 4.67. The monoisotopic (exact) mass is 305 g/mol. The lowest BCUT2D eigenvalue weighted by Gasteiger charge is -2.18. The van der Waals surface area contributed by atoms with E-state index in [1.165, 1.54) is 0 Å². The van der Waals surface area contributed by atoms with Crippen molar-refractivity contribution in [1.29, 1.82) is 0 Å². The van der Waals surface area contributed by atoms with Crippen LogP contribution in [0.1, 0.15) is 17.2 Å². The minimum absolute atomic E-state index is 0.123. The molecule has 0 spiro atoms. The third-order valence-electron chi connectivity index (χ3n) is 3.24. The summed E-state index contributed by atoms with van der Waals surface area (Å²) in [5, 5.41) is 2.48. The van der Waals surface area contributed by atoms with Crippen LogP contribution in [-0.4, -0.2) is 12.5 Å². The summed E-state index contributed by atoms with van der Waals surface area (Å²) in [6.45, 7) is 0.196. The first-order valence-electron chi connectivity index (χ1n) is 6.54. The summed E-state index contributed by atoms with van der Waals surface area (Å²) in [6.07, 6.45) is 0. The lowest BCUT2D eigenvalue weighted by molar-refractivity contribution is -0.676. The number of carbonyl (C=O) groups excluding carboxylic acids is 1. The summed E-state index contributed by atoms with van der Waals surface area (Å²) in [6, 6.07) is 15.0. The van der Waals surface area contributed by atoms with E-state index in [9.17, 15) is 4.79 Å². The number of hydrogen-bond donors (Lipinski definition) is 4. The molecule has 0 saturated carbocycles. The molecule has 0 aliphatic rings. The third kappa shape index (κ3) is 3.95. The molecule has 5 nitrogen and oxygen atoms in total. The number of quaternary nitrogens is 1. The van der Waals surface area contributed by atoms with Gasteiger partial charge in [0.15, 0.2) is 6.54 Å². The largest absolute Gasteiger partial charge is 0.398 e. The molecule has 2 aromatic rings. The second-order valence-corrected chi connectivity index (χ2v) is 5.11. The van der Waals surface area contributed by atoms with Crippen LogP contribution in [0.5, 0.6) is 0 Å². The predicted molar refractivity (Wildman–Crippen MR) is 83.3 cm³/mol. The third-order valence-corrected chi connectivity index (χ3v) is 3.48. The fourth-order valence-corrected chi connectivity index (χ4v) is 2.38. The van der Waals surface area contributed by atoms with E-state index in [1.807, 2.05) is 41.7 Å². The first-order chi connectivity index (χ1) is 10.1. The summed E-state index contributed by atoms with van der Waals surface area (Å²) in [5.41, 5.74) is 10.7. The Bertz CT molecular complexity index is 618. The number of nitrogen functional groups attached to an aromatic ring is 1. The van der Waals surface area contributed by atoms with Crippen LogP contribution in [0.25, 0.3) is 0 Å². The minimum atomic E-state index is -0.253. The van der Waals surface area contributed by atoms with Gasteiger partial charge in [-0.1, -0.05) is 41.9 Å². The number of nitrogens with one attached hydrogen (secondary N) is 1. The molecule has 0 fully saturated rings. The fraction of sp³-hybridized carbons (Fsp3) is 0.133. The van der Waals surface area contributed by atoms with Gasteiger partial charge < -0.3 is 11.1 Å². The van der Waals surface area contributed by atoms with Crippen molar-refractivity contribution in [3.8, 4) is 0 Å². The summed E-state index contributed by atoms with van der Waals surface area (Å²) in [4.78, 5) is 11.4. The molecule has 110 valence electrons. The van der Waals surface area contributed by atoms with E-state index >= 15 is 0 Å². The van der Waals surface area contributed by atoms with Crippen LogP contribution in [0, 0.1) is 0 Å². The summed E-state index contributed by atoms with van der Waals surface area (Å²) in [5.74, 6) is 4.87. The lowest BCUT2D eigenvalue weighted by Crippen LogP contribution is -2.88. The highest BCUT2D eigenvalue weighted by Crippen LogP contribution is 2.26. The highest BCUT2D eigenvalue weighted by atomic mass is 35.5. The number of anilines is 1. The van der Waals surface area contributed by atoms with Crippen molar-refractivity contribution in [2.45, 2.75) is 6.04 Å². The molecule has 21 heavy (non-hydrogen) atoms. The van der Waals surface area contributed by atoms with E-state index in [0.29, 0.717) is 10.7 Å². The topological polar surface area (TPSA) is 97.7 Å². The average molecular weight is 306 g/mol. The van der Waals surface area contributed by atoms with Gasteiger partial charge in [-0.15, -0.1) is 0 Å². The minimum Gasteiger partial charge on any atom is -0.398 e. The Morgan fingerprint density at radius 3 is 2.62 bits per heavy atom. The van der Waals surface area contributed by atoms with Crippen molar-refractivity contribution in [2.24, 2.45) is 5.84 Å². The van der Waals surface area contributed by atoms with Crippen molar-refractivity contribution < 1.29 is 10.1 Å². The molecule has 1 atom stereocenters. The van der Waals surface area contributed by atoms with Crippen LogP contribution in [-0.2, 0) is 4.79 Å². The maximum atomic E-state index is 11.4. The molecule has 7 N–H and O–H groups in total. The predicted octanol–water partition coefficient (Wildman–Crippen LogP) is 0.565. The number of nitrogens with two attached hydrogens (primary N) is 3. The fourth-order valence-electron chi connectivity index (χ4n) is 2.20. The van der Waals surface area contributed by atoms with Gasteiger partial charge in [-0.05, 0) is 18.2 Å². The van der Waals surface area contributed by atoms with Gasteiger partial charge >= 0.3 is 0 Å². The molecule has 1 amide bonds. The Hall–Kier alpha value is -2.08. The molecule has 6 heteroatoms. The molecule has 0 heterocycles. The van der Waals surface area contributed by atoms with Gasteiger partial charge in [0.05, 0.1) is 0 Å². The maximum absolute atomic E-state index is 11.4. The van der Waals surface area contributed by atoms with E-state index in [-0.39, 0.29) is 18.5 Å². The van der Waals surface area contributed by atoms with Gasteiger partial charge in [0.25, 0.3) is 5.91 Å². The number of hydrazine groups is 1. The lowest BCUT2D eigenvalue weighted by atomic mass is 9.97. The first-order valence-corrected chi connectivity index (χ1v) is 6.92. The van der Waals surface area contributed by atoms with Crippen molar-refractivity contribution in [1.82, 2.24) is 5.43 Å². The van der Waals surface area contributed by atoms with Crippen LogP contribution in [0.3, 0.4) is 0 Å². The quantitative estimate of drug-likeness (QED) is 0.281. The Morgan fingerprint density at radius 2 is 1.95 bits per heavy atom. The van der Waals surface area contributed by atoms with E-state index in [1.54, 1.807) is 12.1 Å². The molecule has 0 saturated heterocycles. The summed E-state index contributed by atoms with van der Waals surface area (Å²) < 4.78 is 0. The number of halogens is 1. The van der Waals surface area contributed by atoms with E-state index < -0.39 is 0 Å². The highest BCUT2D eigenvalue weighted by molar-refractivity contribution is 6.30. The molecule has 0 aliphatic heterocycles. The van der Waals surface area contributed by atoms with Crippen LogP contribution in [0.15, 0.2) is 48.5 Å². The van der Waals surface area contributed by atoms with Crippen molar-refractivity contribution in [3.05, 3.63) is 64.7 Å². The summed E-state index contributed by atoms with van der Waals surface area (Å²) in [7, 11) is 0. The van der Waals surface area contributed by atoms with E-state index in [4.69, 9.17) is 23.2 Å². The first kappa shape index (κ1) is 15.3. The van der Waals surface area contributed by atoms with E-state index in [0.717, 1.165) is 11.1 Å². The molecular weight excluding hydrogens is 288 g/mol. The number of amides is 1. The number of hydrogen-bond acceptors (Lipinski definition) is 3. The van der Waals surface area contributed by atoms with Gasteiger partial charge in [-0.25, -0.2) is 5.84 Å². The summed E-state index contributed by atoms with van der Waals surface area (Å²) >= 11 is 6.07. The van der Waals surface area contributed by atoms with Crippen molar-refractivity contribution >= 4 is 23.2 Å². The molecule has 0 aliphatic carbocycles. The van der Waals surface area contributed by atoms with E-state index in [2.05, 4.69) is 5.43 Å². The molecule has 0 bridgehead atoms. The standard InChI is InChI=1S/C15H17ClN4O/c16-11-6-7-13(17)12(8-11)15(19-9-14(21)20-18)10-4-2-1-3-5-10/h1-8,15,19H,9,17-18H2,(H,20,21)/p+1/t15-/m1/s1. The zero-order valence-electron chi connectivity index (χ0n) is 11.4. The Balaban J connectivity index is 2.35. The Morgan fingerprint density at radius 1 is 1.24 bits per heavy atom. The molecule has 0 unspecified atom stereocenters. The molecule has 2 aromatic carbocycles. The van der Waals surface area contributed by atoms with Gasteiger partial charge in [0, 0.05) is 21.8 Å². The zero-order valence-corrected chi connectivity index (χ0v) is 12.2. The second kappa shape index (κ2) is 7.08. The molecule has 0 radical (unpaired) electrons. The highest BCUT2D eigenvalue weighted by Gasteiger charge is 2.21. The van der Waals surface area contributed by atoms with Crippen LogP contribution in [0.4, 0.5) is 5.69 Å². The van der Waals surface area contributed by atoms with Gasteiger partial charge in [-0.2, -0.15) is 0 Å². The molecular formula is C15H18ClN4O+. The average Bonchev–Trinajstić information content (AvgIpc) is 2.51. The number of benzene rings is 2. The van der Waals surface area contributed by atoms with Crippen molar-refractivity contribution in [3.63, 3.8) is 0 Å². The van der Waals surface area contributed by atoms with Gasteiger partial charge in [-0.3, -0.25) is 10.2 Å². The van der Waals surface area contributed by atoms with Gasteiger partial charge in [0.1, 0.15) is 6.04 Å². The normalized spacial score (nSPS) is 11.9. The smallest absolute Gasteiger partial charge is 0.288 e. The molecule has 0 aromatic heterocycles. The van der Waals surface area contributed by atoms with Crippen LogP contribution in [0.2, 0.25) is 5.02 Å². The van der Waals surface area contributed by atoms with Crippen LogP contribution < -0.4 is 22.3 Å². The van der Waals surface area contributed by atoms with Crippen LogP contribution >= 0.6 is 11.6 Å².